The third-order valence-electron chi connectivity index (χ3n) is 4.43. The molecular formula is C20H14ClFNO2S2. The van der Waals surface area contributed by atoms with E-state index in [-0.39, 0.29) is 15.6 Å². The van der Waals surface area contributed by atoms with E-state index in [0.29, 0.717) is 26.9 Å². The minimum Gasteiger partial charge on any atom is -0.253 e. The predicted octanol–water partition coefficient (Wildman–Crippen LogP) is 5.60. The van der Waals surface area contributed by atoms with Crippen molar-refractivity contribution >= 4 is 44.0 Å². The van der Waals surface area contributed by atoms with Crippen LogP contribution >= 0.6 is 22.9 Å². The molecule has 2 aromatic carbocycles. The lowest BCUT2D eigenvalue weighted by Crippen LogP contribution is -2.04. The largest absolute Gasteiger partial charge is 0.253 e. The Morgan fingerprint density at radius 3 is 2.59 bits per heavy atom. The molecule has 2 heterocycles. The summed E-state index contributed by atoms with van der Waals surface area (Å²) in [5.74, 6) is -0.350. The first kappa shape index (κ1) is 18.2. The molecule has 0 atom stereocenters. The van der Waals surface area contributed by atoms with Gasteiger partial charge in [0.1, 0.15) is 5.82 Å². The van der Waals surface area contributed by atoms with E-state index in [1.54, 1.807) is 36.4 Å². The smallest absolute Gasteiger partial charge is 0.207 e. The van der Waals surface area contributed by atoms with Gasteiger partial charge >= 0.3 is 0 Å². The van der Waals surface area contributed by atoms with Crippen LogP contribution in [0.25, 0.3) is 5.57 Å². The lowest BCUT2D eigenvalue weighted by Gasteiger charge is -2.08. The first-order chi connectivity index (χ1) is 12.9. The van der Waals surface area contributed by atoms with Gasteiger partial charge in [-0.25, -0.2) is 12.8 Å². The van der Waals surface area contributed by atoms with E-state index in [2.05, 4.69) is 5.32 Å². The van der Waals surface area contributed by atoms with Crippen LogP contribution in [0.15, 0.2) is 70.1 Å². The summed E-state index contributed by atoms with van der Waals surface area (Å²) in [6.07, 6.45) is 0.324. The van der Waals surface area contributed by atoms with Crippen LogP contribution in [0.3, 0.4) is 0 Å². The zero-order chi connectivity index (χ0) is 19.2. The average molecular weight is 419 g/mol. The second kappa shape index (κ2) is 6.78. The van der Waals surface area contributed by atoms with Crippen LogP contribution in [0, 0.1) is 5.82 Å². The normalized spacial score (nSPS) is 13.6. The zero-order valence-electron chi connectivity index (χ0n) is 14.2. The van der Waals surface area contributed by atoms with Crippen molar-refractivity contribution in [1.29, 1.82) is 0 Å². The van der Waals surface area contributed by atoms with Gasteiger partial charge in [-0.2, -0.15) is 0 Å². The number of fused-ring (bicyclic) bond motifs is 1. The summed E-state index contributed by atoms with van der Waals surface area (Å²) in [6, 6.07) is 14.2. The Morgan fingerprint density at radius 2 is 1.85 bits per heavy atom. The lowest BCUT2D eigenvalue weighted by atomic mass is 10.0. The molecule has 0 aliphatic carbocycles. The Balaban J connectivity index is 1.78. The maximum absolute atomic E-state index is 13.7. The van der Waals surface area contributed by atoms with Crippen LogP contribution in [0.4, 0.5) is 10.1 Å². The van der Waals surface area contributed by atoms with Gasteiger partial charge in [-0.15, -0.1) is 11.3 Å². The number of thiophene rings is 1. The fourth-order valence-electron chi connectivity index (χ4n) is 3.13. The van der Waals surface area contributed by atoms with Gasteiger partial charge in [-0.3, -0.25) is 5.32 Å². The van der Waals surface area contributed by atoms with E-state index < -0.39 is 9.84 Å². The molecule has 1 radical (unpaired) electrons. The number of nitrogens with zero attached hydrogens (tertiary/aromatic N) is 1. The Hall–Kier alpha value is -2.15. The molecule has 1 aromatic heterocycles. The topological polar surface area (TPSA) is 48.2 Å². The van der Waals surface area contributed by atoms with Crippen molar-refractivity contribution in [3.8, 4) is 0 Å². The standard InChI is InChI=1S/C20H14ClFNO2S2/c1-12-15(16-9-13(22)7-8-17(16)23-12)10-18-19(11-20(21)26-18)27(24,25)14-5-3-2-4-6-14/h2-9,11H,10H2,1H3. The van der Waals surface area contributed by atoms with Gasteiger partial charge in [0.2, 0.25) is 9.84 Å². The Kier molecular flexibility index (Phi) is 4.58. The summed E-state index contributed by atoms with van der Waals surface area (Å²) < 4.78 is 40.3. The summed E-state index contributed by atoms with van der Waals surface area (Å²) in [5.41, 5.74) is 2.95. The third kappa shape index (κ3) is 3.29. The van der Waals surface area contributed by atoms with Crippen molar-refractivity contribution in [2.24, 2.45) is 0 Å². The highest BCUT2D eigenvalue weighted by atomic mass is 35.5. The Morgan fingerprint density at radius 1 is 1.11 bits per heavy atom. The van der Waals surface area contributed by atoms with Crippen molar-refractivity contribution < 1.29 is 12.8 Å². The van der Waals surface area contributed by atoms with Crippen molar-refractivity contribution in [3.63, 3.8) is 0 Å². The van der Waals surface area contributed by atoms with Crippen molar-refractivity contribution in [3.05, 3.63) is 80.9 Å². The van der Waals surface area contributed by atoms with Crippen molar-refractivity contribution in [2.75, 3.05) is 0 Å². The molecule has 0 fully saturated rings. The van der Waals surface area contributed by atoms with Gasteiger partial charge < -0.3 is 0 Å². The highest BCUT2D eigenvalue weighted by Crippen LogP contribution is 2.41. The molecular weight excluding hydrogens is 405 g/mol. The zero-order valence-corrected chi connectivity index (χ0v) is 16.6. The van der Waals surface area contributed by atoms with Crippen LogP contribution < -0.4 is 5.32 Å². The highest BCUT2D eigenvalue weighted by Gasteiger charge is 2.27. The van der Waals surface area contributed by atoms with Crippen molar-refractivity contribution in [1.82, 2.24) is 5.32 Å². The van der Waals surface area contributed by atoms with E-state index in [0.717, 1.165) is 11.3 Å². The van der Waals surface area contributed by atoms with E-state index >= 15 is 0 Å². The van der Waals surface area contributed by atoms with Gasteiger partial charge in [0.15, 0.2) is 0 Å². The maximum atomic E-state index is 13.7. The molecule has 1 aliphatic heterocycles. The molecule has 0 bridgehead atoms. The van der Waals surface area contributed by atoms with E-state index in [4.69, 9.17) is 11.6 Å². The molecule has 0 unspecified atom stereocenters. The summed E-state index contributed by atoms with van der Waals surface area (Å²) in [5, 5.41) is 4.46. The predicted molar refractivity (Wildman–Crippen MR) is 106 cm³/mol. The number of halogens is 2. The van der Waals surface area contributed by atoms with Crippen molar-refractivity contribution in [2.45, 2.75) is 23.1 Å². The second-order valence-electron chi connectivity index (χ2n) is 6.17. The lowest BCUT2D eigenvalue weighted by molar-refractivity contribution is 0.596. The van der Waals surface area contributed by atoms with Gasteiger partial charge in [-0.05, 0) is 48.9 Å². The Labute approximate surface area is 166 Å². The number of allylic oxidation sites excluding steroid dienone is 2. The minimum atomic E-state index is -3.69. The molecule has 3 aromatic rings. The number of hydrogen-bond acceptors (Lipinski definition) is 3. The van der Waals surface area contributed by atoms with Crippen LogP contribution in [-0.4, -0.2) is 8.42 Å². The fourth-order valence-corrected chi connectivity index (χ4v) is 6.32. The molecule has 0 spiro atoms. The third-order valence-corrected chi connectivity index (χ3v) is 7.66. The molecule has 0 saturated heterocycles. The summed E-state index contributed by atoms with van der Waals surface area (Å²) >= 11 is 7.38. The number of sulfone groups is 1. The number of hydrogen-bond donors (Lipinski definition) is 0. The van der Waals surface area contributed by atoms with Gasteiger partial charge in [0, 0.05) is 22.6 Å². The maximum Gasteiger partial charge on any atom is 0.207 e. The summed E-state index contributed by atoms with van der Waals surface area (Å²) in [4.78, 5) is 1.02. The quantitative estimate of drug-likeness (QED) is 0.554. The summed E-state index contributed by atoms with van der Waals surface area (Å²) in [7, 11) is -3.69. The summed E-state index contributed by atoms with van der Waals surface area (Å²) in [6.45, 7) is 1.84. The first-order valence-corrected chi connectivity index (χ1v) is 10.8. The van der Waals surface area contributed by atoms with Gasteiger partial charge in [0.05, 0.1) is 19.8 Å². The molecule has 0 amide bonds. The molecule has 1 aliphatic rings. The van der Waals surface area contributed by atoms with Crippen LogP contribution in [0.1, 0.15) is 17.4 Å². The first-order valence-electron chi connectivity index (χ1n) is 8.16. The van der Waals surface area contributed by atoms with Crippen LogP contribution in [0.2, 0.25) is 4.34 Å². The minimum absolute atomic E-state index is 0.189. The highest BCUT2D eigenvalue weighted by molar-refractivity contribution is 7.91. The Bertz CT molecular complexity index is 1170. The SMILES string of the molecule is CC1=C(Cc2sc(Cl)cc2S(=O)(=O)c2ccccc2)c2cc(F)ccc2[N]1. The molecule has 27 heavy (non-hydrogen) atoms. The van der Waals surface area contributed by atoms with E-state index in [1.165, 1.54) is 29.5 Å². The molecule has 0 saturated carbocycles. The van der Waals surface area contributed by atoms with Crippen LogP contribution in [0.5, 0.6) is 0 Å². The van der Waals surface area contributed by atoms with E-state index in [1.807, 2.05) is 6.92 Å². The molecule has 3 nitrogen and oxygen atoms in total. The van der Waals surface area contributed by atoms with Crippen LogP contribution in [-0.2, 0) is 16.3 Å². The van der Waals surface area contributed by atoms with Gasteiger partial charge in [-0.1, -0.05) is 29.8 Å². The number of rotatable bonds is 4. The fraction of sp³-hybridized carbons (Fsp3) is 0.100. The average Bonchev–Trinajstić information content (AvgIpc) is 3.16. The van der Waals surface area contributed by atoms with Gasteiger partial charge in [0.25, 0.3) is 0 Å². The van der Waals surface area contributed by atoms with E-state index in [9.17, 15) is 12.8 Å². The molecule has 4 rings (SSSR count). The molecule has 0 N–H and O–H groups in total. The monoisotopic (exact) mass is 418 g/mol. The molecule has 7 heteroatoms. The number of benzene rings is 2. The molecule has 137 valence electrons. The second-order valence-corrected chi connectivity index (χ2v) is 9.85.